The molecule has 1 aliphatic rings. The first-order chi connectivity index (χ1) is 13.2. The largest absolute Gasteiger partial charge is 0.458 e. The number of piperidine rings is 1. The van der Waals surface area contributed by atoms with Crippen molar-refractivity contribution < 1.29 is 9.53 Å². The molecule has 1 saturated heterocycles. The Kier molecular flexibility index (Phi) is 5.00. The number of imidazole rings is 1. The molecule has 0 radical (unpaired) electrons. The van der Waals surface area contributed by atoms with Gasteiger partial charge in [0.05, 0.1) is 23.9 Å². The Morgan fingerprint density at radius 1 is 1.22 bits per heavy atom. The van der Waals surface area contributed by atoms with Crippen LogP contribution in [-0.2, 0) is 17.8 Å². The predicted molar refractivity (Wildman–Crippen MR) is 101 cm³/mol. The van der Waals surface area contributed by atoms with Gasteiger partial charge in [0, 0.05) is 18.9 Å². The van der Waals surface area contributed by atoms with Crippen LogP contribution in [0.2, 0.25) is 0 Å². The lowest BCUT2D eigenvalue weighted by Crippen LogP contribution is -2.45. The number of fused-ring (bicyclic) bond motifs is 1. The number of amides is 1. The highest BCUT2D eigenvalue weighted by Gasteiger charge is 2.25. The molecule has 0 aliphatic carbocycles. The van der Waals surface area contributed by atoms with E-state index < -0.39 is 0 Å². The van der Waals surface area contributed by atoms with Crippen LogP contribution >= 0.6 is 0 Å². The topological polar surface area (TPSA) is 73.1 Å². The third-order valence-electron chi connectivity index (χ3n) is 4.93. The van der Waals surface area contributed by atoms with Gasteiger partial charge in [-0.05, 0) is 37.0 Å². The first-order valence-corrected chi connectivity index (χ1v) is 9.38. The maximum Gasteiger partial charge on any atom is 0.316 e. The van der Waals surface area contributed by atoms with Crippen LogP contribution in [0.15, 0.2) is 43.0 Å². The lowest BCUT2D eigenvalue weighted by molar-refractivity contribution is -0.134. The lowest BCUT2D eigenvalue weighted by atomic mass is 10.1. The molecule has 1 fully saturated rings. The van der Waals surface area contributed by atoms with E-state index in [0.717, 1.165) is 42.4 Å². The summed E-state index contributed by atoms with van der Waals surface area (Å²) in [6.07, 6.45) is 7.94. The third-order valence-corrected chi connectivity index (χ3v) is 4.93. The van der Waals surface area contributed by atoms with Crippen LogP contribution in [0.25, 0.3) is 11.0 Å². The Hall–Kier alpha value is -2.96. The normalized spacial score (nSPS) is 17.2. The van der Waals surface area contributed by atoms with Gasteiger partial charge >= 0.3 is 6.01 Å². The summed E-state index contributed by atoms with van der Waals surface area (Å²) >= 11 is 0. The van der Waals surface area contributed by atoms with E-state index in [0.29, 0.717) is 12.6 Å². The SMILES string of the molecule is CCc1cnc(OC2CCCN(C(=O)Cn3cnc4ccccc43)C2)nc1. The van der Waals surface area contributed by atoms with Crippen LogP contribution < -0.4 is 4.74 Å². The van der Waals surface area contributed by atoms with Crippen molar-refractivity contribution in [2.24, 2.45) is 0 Å². The number of likely N-dealkylation sites (tertiary alicyclic amines) is 1. The van der Waals surface area contributed by atoms with Crippen LogP contribution in [-0.4, -0.2) is 49.5 Å². The molecule has 1 aromatic carbocycles. The zero-order valence-corrected chi connectivity index (χ0v) is 15.4. The Balaban J connectivity index is 1.39. The summed E-state index contributed by atoms with van der Waals surface area (Å²) in [6, 6.07) is 8.22. The molecule has 1 amide bonds. The summed E-state index contributed by atoms with van der Waals surface area (Å²) in [7, 11) is 0. The summed E-state index contributed by atoms with van der Waals surface area (Å²) in [4.78, 5) is 27.5. The number of hydrogen-bond acceptors (Lipinski definition) is 5. The van der Waals surface area contributed by atoms with Gasteiger partial charge in [-0.25, -0.2) is 15.0 Å². The summed E-state index contributed by atoms with van der Waals surface area (Å²) in [5.74, 6) is 0.0775. The van der Waals surface area contributed by atoms with Crippen molar-refractivity contribution in [3.05, 3.63) is 48.5 Å². The van der Waals surface area contributed by atoms with Gasteiger partial charge in [-0.15, -0.1) is 0 Å². The van der Waals surface area contributed by atoms with E-state index in [4.69, 9.17) is 4.74 Å². The van der Waals surface area contributed by atoms with Gasteiger partial charge in [0.25, 0.3) is 0 Å². The molecule has 0 spiro atoms. The molecule has 3 aromatic rings. The minimum Gasteiger partial charge on any atom is -0.458 e. The maximum atomic E-state index is 12.8. The highest BCUT2D eigenvalue weighted by molar-refractivity contribution is 5.80. The first kappa shape index (κ1) is 17.5. The van der Waals surface area contributed by atoms with Crippen LogP contribution in [0, 0.1) is 0 Å². The minimum absolute atomic E-state index is 0.0743. The van der Waals surface area contributed by atoms with E-state index in [1.54, 1.807) is 18.7 Å². The molecule has 7 nitrogen and oxygen atoms in total. The van der Waals surface area contributed by atoms with Gasteiger partial charge in [0.2, 0.25) is 5.91 Å². The number of hydrogen-bond donors (Lipinski definition) is 0. The molecule has 1 atom stereocenters. The van der Waals surface area contributed by atoms with E-state index in [1.165, 1.54) is 0 Å². The molecule has 0 bridgehead atoms. The molecule has 3 heterocycles. The van der Waals surface area contributed by atoms with Gasteiger partial charge in [-0.2, -0.15) is 0 Å². The molecular weight excluding hydrogens is 342 g/mol. The van der Waals surface area contributed by atoms with Crippen molar-refractivity contribution in [2.45, 2.75) is 38.8 Å². The number of ether oxygens (including phenoxy) is 1. The standard InChI is InChI=1S/C20H23N5O2/c1-2-15-10-21-20(22-11-15)27-16-6-5-9-24(12-16)19(26)13-25-14-23-17-7-3-4-8-18(17)25/h3-4,7-8,10-11,14,16H,2,5-6,9,12-13H2,1H3. The van der Waals surface area contributed by atoms with Crippen molar-refractivity contribution in [2.75, 3.05) is 13.1 Å². The quantitative estimate of drug-likeness (QED) is 0.694. The zero-order valence-electron chi connectivity index (χ0n) is 15.4. The summed E-state index contributed by atoms with van der Waals surface area (Å²) in [5, 5.41) is 0. The number of para-hydroxylation sites is 2. The van der Waals surface area contributed by atoms with Crippen LogP contribution in [0.3, 0.4) is 0 Å². The maximum absolute atomic E-state index is 12.8. The van der Waals surface area contributed by atoms with E-state index in [2.05, 4.69) is 21.9 Å². The molecule has 27 heavy (non-hydrogen) atoms. The van der Waals surface area contributed by atoms with E-state index in [1.807, 2.05) is 33.7 Å². The fraction of sp³-hybridized carbons (Fsp3) is 0.400. The Bertz CT molecular complexity index is 922. The Morgan fingerprint density at radius 3 is 2.85 bits per heavy atom. The molecule has 4 rings (SSSR count). The molecule has 140 valence electrons. The highest BCUT2D eigenvalue weighted by atomic mass is 16.5. The number of aromatic nitrogens is 4. The van der Waals surface area contributed by atoms with Crippen LogP contribution in [0.4, 0.5) is 0 Å². The van der Waals surface area contributed by atoms with Crippen molar-refractivity contribution in [1.29, 1.82) is 0 Å². The van der Waals surface area contributed by atoms with Gasteiger partial charge < -0.3 is 14.2 Å². The van der Waals surface area contributed by atoms with Crippen molar-refractivity contribution in [3.8, 4) is 6.01 Å². The van der Waals surface area contributed by atoms with Crippen molar-refractivity contribution in [1.82, 2.24) is 24.4 Å². The van der Waals surface area contributed by atoms with Gasteiger partial charge in [-0.3, -0.25) is 4.79 Å². The molecule has 2 aromatic heterocycles. The van der Waals surface area contributed by atoms with E-state index in [-0.39, 0.29) is 18.6 Å². The molecular formula is C20H23N5O2. The summed E-state index contributed by atoms with van der Waals surface area (Å²) < 4.78 is 7.80. The number of carbonyl (C=O) groups is 1. The average molecular weight is 365 g/mol. The molecule has 1 aliphatic heterocycles. The number of carbonyl (C=O) groups excluding carboxylic acids is 1. The zero-order chi connectivity index (χ0) is 18.6. The lowest BCUT2D eigenvalue weighted by Gasteiger charge is -2.32. The smallest absolute Gasteiger partial charge is 0.316 e. The number of aryl methyl sites for hydroxylation is 1. The summed E-state index contributed by atoms with van der Waals surface area (Å²) in [6.45, 7) is 3.66. The van der Waals surface area contributed by atoms with Gasteiger partial charge in [-0.1, -0.05) is 19.1 Å². The molecule has 1 unspecified atom stereocenters. The van der Waals surface area contributed by atoms with Crippen LogP contribution in [0.1, 0.15) is 25.3 Å². The Morgan fingerprint density at radius 2 is 2.04 bits per heavy atom. The third kappa shape index (κ3) is 3.92. The second kappa shape index (κ2) is 7.73. The highest BCUT2D eigenvalue weighted by Crippen LogP contribution is 2.17. The minimum atomic E-state index is -0.0743. The number of nitrogens with zero attached hydrogens (tertiary/aromatic N) is 5. The van der Waals surface area contributed by atoms with E-state index in [9.17, 15) is 4.79 Å². The molecule has 0 saturated carbocycles. The average Bonchev–Trinajstić information content (AvgIpc) is 3.12. The first-order valence-electron chi connectivity index (χ1n) is 9.38. The van der Waals surface area contributed by atoms with Crippen molar-refractivity contribution >= 4 is 16.9 Å². The molecule has 7 heteroatoms. The van der Waals surface area contributed by atoms with Gasteiger partial charge in [0.1, 0.15) is 12.6 Å². The fourth-order valence-corrected chi connectivity index (χ4v) is 3.38. The van der Waals surface area contributed by atoms with Crippen LogP contribution in [0.5, 0.6) is 6.01 Å². The monoisotopic (exact) mass is 365 g/mol. The second-order valence-corrected chi connectivity index (χ2v) is 6.81. The van der Waals surface area contributed by atoms with Gasteiger partial charge in [0.15, 0.2) is 0 Å². The molecule has 0 N–H and O–H groups in total. The number of benzene rings is 1. The fourth-order valence-electron chi connectivity index (χ4n) is 3.38. The second-order valence-electron chi connectivity index (χ2n) is 6.81. The van der Waals surface area contributed by atoms with E-state index >= 15 is 0 Å². The number of rotatable bonds is 5. The Labute approximate surface area is 158 Å². The predicted octanol–water partition coefficient (Wildman–Crippen LogP) is 2.46. The summed E-state index contributed by atoms with van der Waals surface area (Å²) in [5.41, 5.74) is 2.95. The van der Waals surface area contributed by atoms with Crippen molar-refractivity contribution in [3.63, 3.8) is 0 Å².